The summed E-state index contributed by atoms with van der Waals surface area (Å²) >= 11 is 0. The maximum absolute atomic E-state index is 6.08. The summed E-state index contributed by atoms with van der Waals surface area (Å²) in [6, 6.07) is 1.26. The topological polar surface area (TPSA) is 35.2 Å². The molecule has 1 fully saturated rings. The largest absolute Gasteiger partial charge is 0.413 e. The summed E-state index contributed by atoms with van der Waals surface area (Å²) in [5.41, 5.74) is 6.41. The molecule has 1 rings (SSSR count). The smallest absolute Gasteiger partial charge is 0.206 e. The molecule has 0 saturated carbocycles. The van der Waals surface area contributed by atoms with Crippen LogP contribution in [0.2, 0.25) is 12.6 Å². The maximum atomic E-state index is 6.08. The quantitative estimate of drug-likeness (QED) is 0.671. The predicted molar refractivity (Wildman–Crippen MR) is 54.5 cm³/mol. The molecule has 1 saturated heterocycles. The Hall–Kier alpha value is 0.137. The van der Waals surface area contributed by atoms with E-state index in [0.29, 0.717) is 11.8 Å². The van der Waals surface area contributed by atoms with Gasteiger partial charge in [0.1, 0.15) is 0 Å². The highest BCUT2D eigenvalue weighted by Gasteiger charge is 2.38. The van der Waals surface area contributed by atoms with E-state index >= 15 is 0 Å². The number of hydrogen-bond donors (Lipinski definition) is 1. The van der Waals surface area contributed by atoms with E-state index in [1.165, 1.54) is 18.9 Å². The zero-order valence-electron chi connectivity index (χ0n) is 8.47. The second-order valence-corrected chi connectivity index (χ2v) is 8.25. The molecule has 72 valence electrons. The first-order chi connectivity index (χ1) is 5.58. The van der Waals surface area contributed by atoms with E-state index in [1.54, 1.807) is 0 Å². The van der Waals surface area contributed by atoms with Gasteiger partial charge in [-0.1, -0.05) is 13.3 Å². The molecule has 0 radical (unpaired) electrons. The van der Waals surface area contributed by atoms with E-state index in [1.807, 2.05) is 0 Å². The summed E-state index contributed by atoms with van der Waals surface area (Å²) < 4.78 is 6.04. The summed E-state index contributed by atoms with van der Waals surface area (Å²) in [4.78, 5) is 0. The van der Waals surface area contributed by atoms with Crippen LogP contribution in [0.5, 0.6) is 0 Å². The molecule has 1 aliphatic rings. The lowest BCUT2D eigenvalue weighted by Crippen LogP contribution is -2.55. The third kappa shape index (κ3) is 2.09. The molecule has 3 atom stereocenters. The van der Waals surface area contributed by atoms with Gasteiger partial charge in [0.25, 0.3) is 0 Å². The molecule has 2 N–H and O–H groups in total. The van der Waals surface area contributed by atoms with Gasteiger partial charge in [-0.3, -0.25) is 0 Å². The molecule has 0 spiro atoms. The van der Waals surface area contributed by atoms with Gasteiger partial charge in [-0.05, 0) is 32.4 Å². The normalized spacial score (nSPS) is 39.5. The number of hydrogen-bond acceptors (Lipinski definition) is 2. The zero-order valence-corrected chi connectivity index (χ0v) is 9.47. The van der Waals surface area contributed by atoms with Gasteiger partial charge in [-0.15, -0.1) is 0 Å². The van der Waals surface area contributed by atoms with Gasteiger partial charge in [-0.25, -0.2) is 0 Å². The van der Waals surface area contributed by atoms with E-state index in [2.05, 4.69) is 20.4 Å². The minimum Gasteiger partial charge on any atom is -0.413 e. The van der Waals surface area contributed by atoms with Crippen molar-refractivity contribution in [2.45, 2.75) is 57.5 Å². The molecule has 2 nitrogen and oxygen atoms in total. The lowest BCUT2D eigenvalue weighted by atomic mass is 10.2. The molecule has 0 amide bonds. The lowest BCUT2D eigenvalue weighted by Gasteiger charge is -2.39. The van der Waals surface area contributed by atoms with Crippen molar-refractivity contribution in [2.24, 2.45) is 5.73 Å². The van der Waals surface area contributed by atoms with Crippen molar-refractivity contribution in [3.05, 3.63) is 0 Å². The molecular weight excluding hydrogens is 166 g/mol. The van der Waals surface area contributed by atoms with Crippen molar-refractivity contribution >= 4 is 8.32 Å². The van der Waals surface area contributed by atoms with E-state index in [0.717, 1.165) is 6.42 Å². The minimum absolute atomic E-state index is 0.334. The fourth-order valence-electron chi connectivity index (χ4n) is 2.02. The van der Waals surface area contributed by atoms with Gasteiger partial charge in [-0.2, -0.15) is 0 Å². The molecule has 0 aromatic heterocycles. The van der Waals surface area contributed by atoms with Crippen LogP contribution in [0.1, 0.15) is 33.1 Å². The van der Waals surface area contributed by atoms with Gasteiger partial charge in [0.15, 0.2) is 0 Å². The zero-order chi connectivity index (χ0) is 9.19. The third-order valence-electron chi connectivity index (χ3n) is 2.98. The van der Waals surface area contributed by atoms with Crippen LogP contribution in [0.15, 0.2) is 0 Å². The molecule has 0 aromatic rings. The Labute approximate surface area is 76.6 Å². The minimum atomic E-state index is -1.53. The van der Waals surface area contributed by atoms with E-state index in [9.17, 15) is 0 Å². The Kier molecular flexibility index (Phi) is 3.32. The average Bonchev–Trinajstić information content (AvgIpc) is 2.02. The van der Waals surface area contributed by atoms with Gasteiger partial charge >= 0.3 is 0 Å². The predicted octanol–water partition coefficient (Wildman–Crippen LogP) is 2.04. The Balaban J connectivity index is 2.56. The van der Waals surface area contributed by atoms with Gasteiger partial charge < -0.3 is 10.2 Å². The van der Waals surface area contributed by atoms with Crippen molar-refractivity contribution in [3.8, 4) is 0 Å². The standard InChI is InChI=1S/C9H21NOSi/c1-4-9(10)12(3)7-5-6-8(2)11-12/h8-9H,4-7,10H2,1-3H3. The molecule has 3 heteroatoms. The van der Waals surface area contributed by atoms with E-state index in [4.69, 9.17) is 10.2 Å². The van der Waals surface area contributed by atoms with Crippen LogP contribution in [-0.2, 0) is 4.43 Å². The molecule has 1 aliphatic heterocycles. The highest BCUT2D eigenvalue weighted by molar-refractivity contribution is 6.74. The van der Waals surface area contributed by atoms with Crippen LogP contribution < -0.4 is 5.73 Å². The fraction of sp³-hybridized carbons (Fsp3) is 1.00. The number of nitrogens with two attached hydrogens (primary N) is 1. The Morgan fingerprint density at radius 1 is 1.67 bits per heavy atom. The Morgan fingerprint density at radius 3 is 2.83 bits per heavy atom. The maximum Gasteiger partial charge on any atom is 0.206 e. The fourth-order valence-corrected chi connectivity index (χ4v) is 5.49. The van der Waals surface area contributed by atoms with Gasteiger partial charge in [0, 0.05) is 11.8 Å². The second kappa shape index (κ2) is 3.90. The van der Waals surface area contributed by atoms with Crippen LogP contribution >= 0.6 is 0 Å². The van der Waals surface area contributed by atoms with Crippen LogP contribution in [0.4, 0.5) is 0 Å². The second-order valence-electron chi connectivity index (χ2n) is 4.15. The summed E-state index contributed by atoms with van der Waals surface area (Å²) in [7, 11) is -1.53. The molecule has 12 heavy (non-hydrogen) atoms. The third-order valence-corrected chi connectivity index (χ3v) is 7.24. The highest BCUT2D eigenvalue weighted by Crippen LogP contribution is 2.28. The average molecular weight is 187 g/mol. The SMILES string of the molecule is CCC(N)[Si]1(C)CCCC(C)O1. The summed E-state index contributed by atoms with van der Waals surface area (Å²) in [5.74, 6) is 0. The van der Waals surface area contributed by atoms with Crippen LogP contribution in [0, 0.1) is 0 Å². The molecule has 3 unspecified atom stereocenters. The van der Waals surface area contributed by atoms with Crippen LogP contribution in [0.3, 0.4) is 0 Å². The lowest BCUT2D eigenvalue weighted by molar-refractivity contribution is 0.170. The van der Waals surface area contributed by atoms with Crippen LogP contribution in [-0.4, -0.2) is 20.1 Å². The summed E-state index contributed by atoms with van der Waals surface area (Å²) in [6.07, 6.45) is 4.06. The molecular formula is C9H21NOSi. The molecule has 0 aliphatic carbocycles. The van der Waals surface area contributed by atoms with Crippen molar-refractivity contribution in [3.63, 3.8) is 0 Å². The van der Waals surface area contributed by atoms with Gasteiger partial charge in [0.2, 0.25) is 8.32 Å². The first-order valence-corrected chi connectivity index (χ1v) is 7.71. The van der Waals surface area contributed by atoms with Crippen LogP contribution in [0.25, 0.3) is 0 Å². The van der Waals surface area contributed by atoms with Gasteiger partial charge in [0.05, 0.1) is 0 Å². The molecule has 0 bridgehead atoms. The Morgan fingerprint density at radius 2 is 2.33 bits per heavy atom. The molecule has 1 heterocycles. The van der Waals surface area contributed by atoms with Crippen molar-refractivity contribution in [1.29, 1.82) is 0 Å². The van der Waals surface area contributed by atoms with Crippen molar-refractivity contribution < 1.29 is 4.43 Å². The van der Waals surface area contributed by atoms with Crippen molar-refractivity contribution in [1.82, 2.24) is 0 Å². The highest BCUT2D eigenvalue weighted by atomic mass is 28.4. The van der Waals surface area contributed by atoms with E-state index < -0.39 is 8.32 Å². The molecule has 0 aromatic carbocycles. The summed E-state index contributed by atoms with van der Waals surface area (Å²) in [6.45, 7) is 6.62. The number of rotatable bonds is 2. The Bertz CT molecular complexity index is 153. The monoisotopic (exact) mass is 187 g/mol. The first-order valence-electron chi connectivity index (χ1n) is 5.02. The van der Waals surface area contributed by atoms with E-state index in [-0.39, 0.29) is 0 Å². The van der Waals surface area contributed by atoms with Crippen molar-refractivity contribution in [2.75, 3.05) is 0 Å². The first kappa shape index (κ1) is 10.2. The summed E-state index contributed by atoms with van der Waals surface area (Å²) in [5, 5.41) is 0.